The number of amides is 1. The molecule has 0 aromatic heterocycles. The van der Waals surface area contributed by atoms with E-state index < -0.39 is 0 Å². The molecular formula is C27H27ClN2O5. The van der Waals surface area contributed by atoms with E-state index in [1.54, 1.807) is 24.3 Å². The number of carbonyl (C=O) groups is 2. The molecule has 182 valence electrons. The smallest absolute Gasteiger partial charge is 0.309 e. The van der Waals surface area contributed by atoms with Crippen LogP contribution in [0.1, 0.15) is 21.5 Å². The molecule has 8 heteroatoms. The van der Waals surface area contributed by atoms with E-state index >= 15 is 0 Å². The van der Waals surface area contributed by atoms with Crippen LogP contribution in [0.15, 0.2) is 60.7 Å². The van der Waals surface area contributed by atoms with Crippen LogP contribution in [-0.2, 0) is 16.0 Å². The number of benzene rings is 3. The number of anilines is 2. The van der Waals surface area contributed by atoms with E-state index in [2.05, 4.69) is 10.2 Å². The fraction of sp³-hybridized carbons (Fsp3) is 0.259. The second-order valence-corrected chi connectivity index (χ2v) is 8.80. The van der Waals surface area contributed by atoms with Crippen LogP contribution in [0.5, 0.6) is 11.5 Å². The number of ether oxygens (including phenoxy) is 3. The summed E-state index contributed by atoms with van der Waals surface area (Å²) in [6.45, 7) is 2.91. The van der Waals surface area contributed by atoms with E-state index in [9.17, 15) is 9.59 Å². The maximum absolute atomic E-state index is 12.9. The Kier molecular flexibility index (Phi) is 7.46. The van der Waals surface area contributed by atoms with Crippen LogP contribution in [-0.4, -0.2) is 45.3 Å². The largest absolute Gasteiger partial charge is 0.490 e. The van der Waals surface area contributed by atoms with Crippen molar-refractivity contribution in [3.05, 3.63) is 82.4 Å². The summed E-state index contributed by atoms with van der Waals surface area (Å²) in [6, 6.07) is 18.3. The minimum Gasteiger partial charge on any atom is -0.490 e. The van der Waals surface area contributed by atoms with Crippen LogP contribution in [0.4, 0.5) is 11.4 Å². The molecule has 1 aliphatic rings. The van der Waals surface area contributed by atoms with Gasteiger partial charge in [-0.15, -0.1) is 0 Å². The van der Waals surface area contributed by atoms with Gasteiger partial charge >= 0.3 is 5.97 Å². The summed E-state index contributed by atoms with van der Waals surface area (Å²) >= 11 is 6.42. The monoisotopic (exact) mass is 494 g/mol. The second kappa shape index (κ2) is 10.7. The molecular weight excluding hydrogens is 468 g/mol. The van der Waals surface area contributed by atoms with E-state index in [4.69, 9.17) is 25.8 Å². The van der Waals surface area contributed by atoms with Crippen LogP contribution in [0.2, 0.25) is 5.02 Å². The maximum Gasteiger partial charge on any atom is 0.309 e. The molecule has 0 fully saturated rings. The summed E-state index contributed by atoms with van der Waals surface area (Å²) in [5.41, 5.74) is 3.58. The van der Waals surface area contributed by atoms with Gasteiger partial charge in [0.25, 0.3) is 5.91 Å². The number of rotatable bonds is 7. The molecule has 0 saturated carbocycles. The van der Waals surface area contributed by atoms with Gasteiger partial charge in [0, 0.05) is 12.7 Å². The lowest BCUT2D eigenvalue weighted by atomic mass is 10.1. The molecule has 7 nitrogen and oxygen atoms in total. The first-order valence-electron chi connectivity index (χ1n) is 11.2. The molecule has 0 unspecified atom stereocenters. The summed E-state index contributed by atoms with van der Waals surface area (Å²) < 4.78 is 16.7. The molecule has 1 aliphatic heterocycles. The molecule has 0 aliphatic carbocycles. The Morgan fingerprint density at radius 3 is 2.71 bits per heavy atom. The van der Waals surface area contributed by atoms with Crippen LogP contribution >= 0.6 is 11.6 Å². The fourth-order valence-electron chi connectivity index (χ4n) is 3.88. The van der Waals surface area contributed by atoms with Gasteiger partial charge in [-0.2, -0.15) is 0 Å². The van der Waals surface area contributed by atoms with Crippen molar-refractivity contribution < 1.29 is 23.8 Å². The van der Waals surface area contributed by atoms with Crippen molar-refractivity contribution in [2.75, 3.05) is 37.5 Å². The Labute approximate surface area is 209 Å². The first-order valence-corrected chi connectivity index (χ1v) is 11.6. The highest BCUT2D eigenvalue weighted by molar-refractivity contribution is 6.34. The maximum atomic E-state index is 12.9. The second-order valence-electron chi connectivity index (χ2n) is 8.40. The highest BCUT2D eigenvalue weighted by Gasteiger charge is 2.24. The van der Waals surface area contributed by atoms with Crippen molar-refractivity contribution in [1.29, 1.82) is 0 Å². The molecule has 3 aromatic rings. The number of carbonyl (C=O) groups excluding carboxylic acids is 2. The number of hydrogen-bond donors (Lipinski definition) is 1. The summed E-state index contributed by atoms with van der Waals surface area (Å²) in [6.07, 6.45) is -0.0182. The third-order valence-electron chi connectivity index (χ3n) is 5.80. The third-order valence-corrected chi connectivity index (χ3v) is 6.11. The van der Waals surface area contributed by atoms with Crippen molar-refractivity contribution in [2.24, 2.45) is 0 Å². The van der Waals surface area contributed by atoms with E-state index in [-0.39, 0.29) is 29.4 Å². The average molecular weight is 495 g/mol. The highest BCUT2D eigenvalue weighted by Crippen LogP contribution is 2.32. The number of methoxy groups -OCH3 is 1. The lowest BCUT2D eigenvalue weighted by Gasteiger charge is -2.33. The molecule has 0 saturated heterocycles. The number of nitrogens with zero attached hydrogens (tertiary/aromatic N) is 1. The molecule has 35 heavy (non-hydrogen) atoms. The Hall–Kier alpha value is -3.71. The van der Waals surface area contributed by atoms with Crippen molar-refractivity contribution >= 4 is 34.9 Å². The van der Waals surface area contributed by atoms with Gasteiger partial charge in [-0.3, -0.25) is 9.59 Å². The zero-order chi connectivity index (χ0) is 24.9. The topological polar surface area (TPSA) is 77.1 Å². The van der Waals surface area contributed by atoms with Gasteiger partial charge in [0.2, 0.25) is 0 Å². The van der Waals surface area contributed by atoms with Gasteiger partial charge in [-0.25, -0.2) is 0 Å². The SMILES string of the molecule is COC(=O)Cc1ccc(C)c(NC(=O)c2ccc(OC[C@@H]3CN(C)c4ccccc4O3)cc2Cl)c1. The number of para-hydroxylation sites is 2. The summed E-state index contributed by atoms with van der Waals surface area (Å²) in [5, 5.41) is 3.15. The van der Waals surface area contributed by atoms with Crippen molar-refractivity contribution in [3.8, 4) is 11.5 Å². The molecule has 0 spiro atoms. The van der Waals surface area contributed by atoms with Crippen molar-refractivity contribution in [3.63, 3.8) is 0 Å². The Balaban J connectivity index is 1.39. The first-order chi connectivity index (χ1) is 16.8. The number of esters is 1. The number of likely N-dealkylation sites (N-methyl/N-ethyl adjacent to an activating group) is 1. The highest BCUT2D eigenvalue weighted by atomic mass is 35.5. The number of nitrogens with one attached hydrogen (secondary N) is 1. The molecule has 1 N–H and O–H groups in total. The van der Waals surface area contributed by atoms with E-state index in [1.165, 1.54) is 7.11 Å². The number of hydrogen-bond acceptors (Lipinski definition) is 6. The van der Waals surface area contributed by atoms with E-state index in [0.717, 1.165) is 22.6 Å². The van der Waals surface area contributed by atoms with Gasteiger partial charge in [0.1, 0.15) is 24.2 Å². The molecule has 0 bridgehead atoms. The normalized spacial score (nSPS) is 14.5. The van der Waals surface area contributed by atoms with Crippen molar-refractivity contribution in [1.82, 2.24) is 0 Å². The fourth-order valence-corrected chi connectivity index (χ4v) is 4.14. The summed E-state index contributed by atoms with van der Waals surface area (Å²) in [7, 11) is 3.36. The third kappa shape index (κ3) is 5.87. The lowest BCUT2D eigenvalue weighted by Crippen LogP contribution is -2.41. The first kappa shape index (κ1) is 24.4. The zero-order valence-electron chi connectivity index (χ0n) is 19.8. The van der Waals surface area contributed by atoms with E-state index in [1.807, 2.05) is 50.4 Å². The molecule has 1 heterocycles. The van der Waals surface area contributed by atoms with E-state index in [0.29, 0.717) is 30.2 Å². The average Bonchev–Trinajstić information content (AvgIpc) is 2.84. The lowest BCUT2D eigenvalue weighted by molar-refractivity contribution is -0.139. The number of fused-ring (bicyclic) bond motifs is 1. The van der Waals surface area contributed by atoms with Crippen LogP contribution in [0.3, 0.4) is 0 Å². The number of halogens is 1. The predicted molar refractivity (Wildman–Crippen MR) is 136 cm³/mol. The summed E-state index contributed by atoms with van der Waals surface area (Å²) in [5.74, 6) is 0.673. The van der Waals surface area contributed by atoms with Gasteiger partial charge in [-0.1, -0.05) is 35.9 Å². The number of aryl methyl sites for hydroxylation is 1. The quantitative estimate of drug-likeness (QED) is 0.471. The summed E-state index contributed by atoms with van der Waals surface area (Å²) in [4.78, 5) is 26.6. The Morgan fingerprint density at radius 1 is 1.14 bits per heavy atom. The molecule has 1 atom stereocenters. The molecule has 3 aromatic carbocycles. The zero-order valence-corrected chi connectivity index (χ0v) is 20.6. The minimum absolute atomic E-state index is 0.124. The van der Waals surface area contributed by atoms with Gasteiger partial charge < -0.3 is 24.4 Å². The minimum atomic E-state index is -0.353. The van der Waals surface area contributed by atoms with Crippen LogP contribution in [0, 0.1) is 6.92 Å². The molecule has 4 rings (SSSR count). The molecule has 1 amide bonds. The van der Waals surface area contributed by atoms with Gasteiger partial charge in [0.15, 0.2) is 0 Å². The predicted octanol–water partition coefficient (Wildman–Crippen LogP) is 4.89. The van der Waals surface area contributed by atoms with Gasteiger partial charge in [-0.05, 0) is 54.4 Å². The standard InChI is InChI=1S/C27H27ClN2O5/c1-17-8-9-18(13-26(31)33-3)12-23(17)29-27(32)21-11-10-19(14-22(21)28)34-16-20-15-30(2)24-6-4-5-7-25(24)35-20/h4-12,14,20H,13,15-16H2,1-3H3,(H,29,32)/t20-/m0/s1. The van der Waals surface area contributed by atoms with Crippen molar-refractivity contribution in [2.45, 2.75) is 19.4 Å². The van der Waals surface area contributed by atoms with Crippen LogP contribution in [0.25, 0.3) is 0 Å². The van der Waals surface area contributed by atoms with Crippen LogP contribution < -0.4 is 19.7 Å². The Bertz CT molecular complexity index is 1250. The Morgan fingerprint density at radius 2 is 1.94 bits per heavy atom. The molecule has 0 radical (unpaired) electrons. The van der Waals surface area contributed by atoms with Gasteiger partial charge in [0.05, 0.1) is 36.3 Å².